The number of anilines is 1. The van der Waals surface area contributed by atoms with E-state index < -0.39 is 5.54 Å². The molecule has 2 amide bonds. The van der Waals surface area contributed by atoms with E-state index in [4.69, 9.17) is 4.74 Å². The van der Waals surface area contributed by atoms with Crippen molar-refractivity contribution in [2.75, 3.05) is 25.1 Å². The maximum Gasteiger partial charge on any atom is 0.321 e. The van der Waals surface area contributed by atoms with Crippen molar-refractivity contribution in [3.05, 3.63) is 11.1 Å². The Bertz CT molecular complexity index is 585. The van der Waals surface area contributed by atoms with Gasteiger partial charge in [0.2, 0.25) is 0 Å². The van der Waals surface area contributed by atoms with Crippen LogP contribution in [-0.4, -0.2) is 41.5 Å². The lowest BCUT2D eigenvalue weighted by atomic mass is 9.87. The van der Waals surface area contributed by atoms with Gasteiger partial charge in [0.1, 0.15) is 0 Å². The summed E-state index contributed by atoms with van der Waals surface area (Å²) in [7, 11) is 0. The molecule has 1 aromatic rings. The fourth-order valence-electron chi connectivity index (χ4n) is 4.36. The van der Waals surface area contributed by atoms with Crippen LogP contribution >= 0.6 is 11.3 Å². The van der Waals surface area contributed by atoms with Gasteiger partial charge in [-0.05, 0) is 37.5 Å². The smallest absolute Gasteiger partial charge is 0.321 e. The summed E-state index contributed by atoms with van der Waals surface area (Å²) in [6.07, 6.45) is 5.94. The van der Waals surface area contributed by atoms with Crippen molar-refractivity contribution in [1.29, 1.82) is 0 Å². The zero-order valence-corrected chi connectivity index (χ0v) is 13.9. The molecule has 3 aliphatic rings. The summed E-state index contributed by atoms with van der Waals surface area (Å²) in [5.74, 6) is 2.26. The third-order valence-corrected chi connectivity index (χ3v) is 6.42. The molecular formula is C16H23N3O3S. The SMILES string of the molecule is O=C(Nc1nc(C2CC3CCC2C3)cs1)NC1(CO)CCOC1. The van der Waals surface area contributed by atoms with Crippen LogP contribution in [0.2, 0.25) is 0 Å². The highest BCUT2D eigenvalue weighted by atomic mass is 32.1. The molecule has 4 rings (SSSR count). The molecule has 1 aromatic heterocycles. The Balaban J connectivity index is 1.37. The average Bonchev–Trinajstić information content (AvgIpc) is 3.31. The number of fused-ring (bicyclic) bond motifs is 2. The van der Waals surface area contributed by atoms with E-state index in [1.54, 1.807) is 0 Å². The molecule has 3 fully saturated rings. The number of aliphatic hydroxyl groups is 1. The maximum absolute atomic E-state index is 12.2. The van der Waals surface area contributed by atoms with Crippen molar-refractivity contribution >= 4 is 22.5 Å². The maximum atomic E-state index is 12.2. The highest BCUT2D eigenvalue weighted by Crippen LogP contribution is 2.52. The van der Waals surface area contributed by atoms with Crippen LogP contribution in [-0.2, 0) is 4.74 Å². The minimum absolute atomic E-state index is 0.116. The van der Waals surface area contributed by atoms with Crippen molar-refractivity contribution < 1.29 is 14.6 Å². The summed E-state index contributed by atoms with van der Waals surface area (Å²) >= 11 is 1.48. The predicted octanol–water partition coefficient (Wildman–Crippen LogP) is 2.32. The van der Waals surface area contributed by atoms with Gasteiger partial charge < -0.3 is 15.2 Å². The zero-order chi connectivity index (χ0) is 15.9. The molecule has 2 saturated carbocycles. The summed E-state index contributed by atoms with van der Waals surface area (Å²) in [5.41, 5.74) is 0.480. The van der Waals surface area contributed by atoms with Gasteiger partial charge in [-0.25, -0.2) is 9.78 Å². The standard InChI is InChI=1S/C16H23N3O3S/c20-8-16(3-4-22-9-16)19-14(21)18-15-17-13(7-23-15)12-6-10-1-2-11(12)5-10/h7,10-12,20H,1-6,8-9H2,(H2,17,18,19,21). The quantitative estimate of drug-likeness (QED) is 0.787. The molecule has 126 valence electrons. The molecule has 2 heterocycles. The topological polar surface area (TPSA) is 83.5 Å². The largest absolute Gasteiger partial charge is 0.394 e. The first-order valence-corrected chi connectivity index (χ1v) is 9.29. The van der Waals surface area contributed by atoms with Gasteiger partial charge in [-0.15, -0.1) is 11.3 Å². The summed E-state index contributed by atoms with van der Waals surface area (Å²) in [6.45, 7) is 0.798. The van der Waals surface area contributed by atoms with Gasteiger partial charge in [0.25, 0.3) is 0 Å². The van der Waals surface area contributed by atoms with E-state index in [1.807, 2.05) is 0 Å². The number of nitrogens with zero attached hydrogens (tertiary/aromatic N) is 1. The highest BCUT2D eigenvalue weighted by Gasteiger charge is 2.41. The van der Waals surface area contributed by atoms with Gasteiger partial charge in [0.05, 0.1) is 24.4 Å². The summed E-state index contributed by atoms with van der Waals surface area (Å²) in [6, 6.07) is -0.321. The van der Waals surface area contributed by atoms with E-state index in [1.165, 1.54) is 37.0 Å². The summed E-state index contributed by atoms with van der Waals surface area (Å²) < 4.78 is 5.29. The first kappa shape index (κ1) is 15.4. The van der Waals surface area contributed by atoms with Crippen LogP contribution in [0.3, 0.4) is 0 Å². The number of carbonyl (C=O) groups is 1. The number of aliphatic hydroxyl groups excluding tert-OH is 1. The highest BCUT2D eigenvalue weighted by molar-refractivity contribution is 7.13. The van der Waals surface area contributed by atoms with Gasteiger partial charge in [-0.3, -0.25) is 5.32 Å². The molecule has 1 aliphatic heterocycles. The van der Waals surface area contributed by atoms with Gasteiger partial charge in [0.15, 0.2) is 5.13 Å². The molecule has 0 spiro atoms. The number of hydrogen-bond donors (Lipinski definition) is 3. The lowest BCUT2D eigenvalue weighted by Crippen LogP contribution is -2.53. The number of aromatic nitrogens is 1. The Labute approximate surface area is 139 Å². The van der Waals surface area contributed by atoms with Crippen LogP contribution in [0, 0.1) is 11.8 Å². The van der Waals surface area contributed by atoms with Crippen molar-refractivity contribution in [3.63, 3.8) is 0 Å². The lowest BCUT2D eigenvalue weighted by Gasteiger charge is -2.25. The Morgan fingerprint density at radius 1 is 1.48 bits per heavy atom. The van der Waals surface area contributed by atoms with Crippen molar-refractivity contribution in [2.24, 2.45) is 11.8 Å². The first-order chi connectivity index (χ1) is 11.2. The number of carbonyl (C=O) groups excluding carboxylic acids is 1. The molecule has 2 bridgehead atoms. The molecule has 7 heteroatoms. The number of thiazole rings is 1. The molecule has 0 aromatic carbocycles. The number of nitrogens with one attached hydrogen (secondary N) is 2. The second kappa shape index (κ2) is 6.03. The molecule has 4 atom stereocenters. The van der Waals surface area contributed by atoms with Crippen molar-refractivity contribution in [1.82, 2.24) is 10.3 Å². The molecule has 2 aliphatic carbocycles. The van der Waals surface area contributed by atoms with E-state index in [9.17, 15) is 9.90 Å². The predicted molar refractivity (Wildman–Crippen MR) is 87.7 cm³/mol. The summed E-state index contributed by atoms with van der Waals surface area (Å²) in [5, 5.41) is 17.9. The minimum atomic E-state index is -0.658. The zero-order valence-electron chi connectivity index (χ0n) is 13.1. The Morgan fingerprint density at radius 3 is 3.04 bits per heavy atom. The lowest BCUT2D eigenvalue weighted by molar-refractivity contribution is 0.126. The second-order valence-electron chi connectivity index (χ2n) is 7.18. The molecule has 23 heavy (non-hydrogen) atoms. The van der Waals surface area contributed by atoms with Crippen molar-refractivity contribution in [2.45, 2.75) is 43.6 Å². The fraction of sp³-hybridized carbons (Fsp3) is 0.750. The third-order valence-electron chi connectivity index (χ3n) is 5.65. The van der Waals surface area contributed by atoms with Crippen LogP contribution in [0.5, 0.6) is 0 Å². The molecule has 0 radical (unpaired) electrons. The first-order valence-electron chi connectivity index (χ1n) is 8.41. The third kappa shape index (κ3) is 2.97. The van der Waals surface area contributed by atoms with E-state index in [2.05, 4.69) is 21.0 Å². The molecule has 4 unspecified atom stereocenters. The van der Waals surface area contributed by atoms with Crippen molar-refractivity contribution in [3.8, 4) is 0 Å². The monoisotopic (exact) mass is 337 g/mol. The van der Waals surface area contributed by atoms with Gasteiger partial charge >= 0.3 is 6.03 Å². The van der Waals surface area contributed by atoms with Crippen LogP contribution in [0.4, 0.5) is 9.93 Å². The molecule has 6 nitrogen and oxygen atoms in total. The molecule has 3 N–H and O–H groups in total. The van der Waals surface area contributed by atoms with E-state index >= 15 is 0 Å². The minimum Gasteiger partial charge on any atom is -0.394 e. The second-order valence-corrected chi connectivity index (χ2v) is 8.04. The van der Waals surface area contributed by atoms with Gasteiger partial charge in [0, 0.05) is 17.9 Å². The Kier molecular flexibility index (Phi) is 4.03. The van der Waals surface area contributed by atoms with E-state index in [0.29, 0.717) is 30.7 Å². The fourth-order valence-corrected chi connectivity index (χ4v) is 5.13. The van der Waals surface area contributed by atoms with Crippen LogP contribution in [0.15, 0.2) is 5.38 Å². The number of rotatable bonds is 4. The van der Waals surface area contributed by atoms with Crippen LogP contribution < -0.4 is 10.6 Å². The molecular weight excluding hydrogens is 314 g/mol. The van der Waals surface area contributed by atoms with Gasteiger partial charge in [-0.2, -0.15) is 0 Å². The van der Waals surface area contributed by atoms with Gasteiger partial charge in [-0.1, -0.05) is 6.42 Å². The Hall–Kier alpha value is -1.18. The van der Waals surface area contributed by atoms with E-state index in [0.717, 1.165) is 17.5 Å². The van der Waals surface area contributed by atoms with E-state index in [-0.39, 0.29) is 12.6 Å². The number of hydrogen-bond acceptors (Lipinski definition) is 5. The Morgan fingerprint density at radius 2 is 2.39 bits per heavy atom. The average molecular weight is 337 g/mol. The van der Waals surface area contributed by atoms with Crippen LogP contribution in [0.1, 0.15) is 43.7 Å². The normalized spacial score (nSPS) is 35.6. The number of amides is 2. The number of ether oxygens (including phenoxy) is 1. The molecule has 1 saturated heterocycles. The van der Waals surface area contributed by atoms with Crippen LogP contribution in [0.25, 0.3) is 0 Å². The summed E-state index contributed by atoms with van der Waals surface area (Å²) in [4.78, 5) is 16.8. The number of urea groups is 1.